The number of halogens is 3. The lowest BCUT2D eigenvalue weighted by atomic mass is 10.0. The van der Waals surface area contributed by atoms with Gasteiger partial charge in [-0.05, 0) is 55.3 Å². The molecule has 0 aliphatic rings. The van der Waals surface area contributed by atoms with Crippen LogP contribution >= 0.6 is 34.8 Å². The zero-order valence-electron chi connectivity index (χ0n) is 20.2. The first-order valence-electron chi connectivity index (χ1n) is 11.7. The Bertz CT molecular complexity index is 1140. The lowest BCUT2D eigenvalue weighted by Gasteiger charge is -2.32. The molecule has 0 spiro atoms. The van der Waals surface area contributed by atoms with Gasteiger partial charge < -0.3 is 15.0 Å². The molecule has 2 amide bonds. The van der Waals surface area contributed by atoms with Crippen LogP contribution in [0.15, 0.2) is 72.8 Å². The number of ether oxygens (including phenoxy) is 1. The number of carbonyl (C=O) groups is 2. The van der Waals surface area contributed by atoms with Crippen molar-refractivity contribution in [1.29, 1.82) is 0 Å². The summed E-state index contributed by atoms with van der Waals surface area (Å²) in [5.74, 6) is -0.135. The smallest absolute Gasteiger partial charge is 0.261 e. The third-order valence-corrected chi connectivity index (χ3v) is 6.80. The third-order valence-electron chi connectivity index (χ3n) is 5.84. The topological polar surface area (TPSA) is 58.6 Å². The summed E-state index contributed by atoms with van der Waals surface area (Å²) in [6.45, 7) is 3.69. The minimum atomic E-state index is -0.810. The predicted octanol–water partition coefficient (Wildman–Crippen LogP) is 6.58. The van der Waals surface area contributed by atoms with Gasteiger partial charge in [0.2, 0.25) is 5.91 Å². The van der Waals surface area contributed by atoms with E-state index >= 15 is 0 Å². The first-order chi connectivity index (χ1) is 17.3. The Kier molecular flexibility index (Phi) is 10.5. The first kappa shape index (κ1) is 27.9. The second kappa shape index (κ2) is 13.5. The van der Waals surface area contributed by atoms with E-state index in [0.29, 0.717) is 32.8 Å². The number of hydrogen-bond acceptors (Lipinski definition) is 3. The lowest BCUT2D eigenvalue weighted by molar-refractivity contribution is -0.143. The molecule has 0 unspecified atom stereocenters. The van der Waals surface area contributed by atoms with Crippen LogP contribution in [0.3, 0.4) is 0 Å². The van der Waals surface area contributed by atoms with Crippen LogP contribution in [-0.4, -0.2) is 35.4 Å². The summed E-state index contributed by atoms with van der Waals surface area (Å²) in [6, 6.07) is 20.6. The summed E-state index contributed by atoms with van der Waals surface area (Å²) in [4.78, 5) is 28.6. The Labute approximate surface area is 227 Å². The van der Waals surface area contributed by atoms with Gasteiger partial charge in [-0.15, -0.1) is 0 Å². The molecule has 36 heavy (non-hydrogen) atoms. The second-order valence-electron chi connectivity index (χ2n) is 8.49. The summed E-state index contributed by atoms with van der Waals surface area (Å²) in [5.41, 5.74) is 1.48. The van der Waals surface area contributed by atoms with E-state index in [1.54, 1.807) is 42.5 Å². The lowest BCUT2D eigenvalue weighted by Crippen LogP contribution is -2.53. The molecule has 0 saturated heterocycles. The normalized spacial score (nSPS) is 12.5. The van der Waals surface area contributed by atoms with Gasteiger partial charge in [-0.25, -0.2) is 0 Å². The molecule has 0 aliphatic carbocycles. The number of amides is 2. The zero-order valence-corrected chi connectivity index (χ0v) is 22.5. The van der Waals surface area contributed by atoms with Gasteiger partial charge in [0.05, 0.1) is 0 Å². The van der Waals surface area contributed by atoms with Gasteiger partial charge in [0.25, 0.3) is 5.91 Å². The molecule has 3 aromatic carbocycles. The average molecular weight is 548 g/mol. The Hall–Kier alpha value is -2.73. The van der Waals surface area contributed by atoms with E-state index in [9.17, 15) is 9.59 Å². The van der Waals surface area contributed by atoms with Crippen LogP contribution in [0.4, 0.5) is 0 Å². The Morgan fingerprint density at radius 3 is 2.17 bits per heavy atom. The maximum Gasteiger partial charge on any atom is 0.261 e. The average Bonchev–Trinajstić information content (AvgIpc) is 2.87. The molecule has 0 fully saturated rings. The largest absolute Gasteiger partial charge is 0.484 e. The van der Waals surface area contributed by atoms with Crippen molar-refractivity contribution in [3.63, 3.8) is 0 Å². The molecule has 0 heterocycles. The monoisotopic (exact) mass is 546 g/mol. The summed E-state index contributed by atoms with van der Waals surface area (Å²) in [6.07, 6.45) is 1.08. The van der Waals surface area contributed by atoms with Crippen molar-refractivity contribution in [2.75, 3.05) is 6.61 Å². The third kappa shape index (κ3) is 7.89. The Morgan fingerprint density at radius 2 is 1.56 bits per heavy atom. The van der Waals surface area contributed by atoms with Crippen LogP contribution in [0.5, 0.6) is 5.75 Å². The maximum atomic E-state index is 13.6. The van der Waals surface area contributed by atoms with E-state index in [1.165, 1.54) is 4.90 Å². The summed E-state index contributed by atoms with van der Waals surface area (Å²) in [7, 11) is 0. The molecule has 0 radical (unpaired) electrons. The highest BCUT2D eigenvalue weighted by Gasteiger charge is 2.32. The van der Waals surface area contributed by atoms with Crippen molar-refractivity contribution >= 4 is 46.6 Å². The highest BCUT2D eigenvalue weighted by molar-refractivity contribution is 6.36. The molecule has 3 rings (SSSR count). The molecule has 3 aromatic rings. The highest BCUT2D eigenvalue weighted by Crippen LogP contribution is 2.27. The van der Waals surface area contributed by atoms with E-state index in [-0.39, 0.29) is 31.0 Å². The van der Waals surface area contributed by atoms with E-state index < -0.39 is 6.04 Å². The molecule has 0 saturated carbocycles. The van der Waals surface area contributed by atoms with Crippen molar-refractivity contribution in [3.05, 3.63) is 99.0 Å². The molecule has 0 aliphatic heterocycles. The van der Waals surface area contributed by atoms with Crippen LogP contribution in [0.25, 0.3) is 0 Å². The zero-order chi connectivity index (χ0) is 26.1. The molecule has 2 atom stereocenters. The van der Waals surface area contributed by atoms with Gasteiger partial charge in [0, 0.05) is 39.6 Å². The molecule has 0 bridgehead atoms. The summed E-state index contributed by atoms with van der Waals surface area (Å²) in [5, 5.41) is 4.42. The summed E-state index contributed by atoms with van der Waals surface area (Å²) < 4.78 is 5.74. The van der Waals surface area contributed by atoms with Crippen LogP contribution in [0.1, 0.15) is 31.4 Å². The van der Waals surface area contributed by atoms with Crippen molar-refractivity contribution in [2.24, 2.45) is 0 Å². The van der Waals surface area contributed by atoms with Crippen molar-refractivity contribution in [2.45, 2.75) is 45.3 Å². The molecule has 5 nitrogen and oxygen atoms in total. The van der Waals surface area contributed by atoms with Gasteiger partial charge in [-0.3, -0.25) is 9.59 Å². The van der Waals surface area contributed by atoms with Crippen LogP contribution in [0, 0.1) is 0 Å². The number of benzene rings is 3. The predicted molar refractivity (Wildman–Crippen MR) is 146 cm³/mol. The van der Waals surface area contributed by atoms with Gasteiger partial charge in [-0.1, -0.05) is 78.1 Å². The van der Waals surface area contributed by atoms with Crippen molar-refractivity contribution < 1.29 is 14.3 Å². The minimum Gasteiger partial charge on any atom is -0.484 e. The highest BCUT2D eigenvalue weighted by atomic mass is 35.5. The van der Waals surface area contributed by atoms with E-state index in [1.807, 2.05) is 44.2 Å². The molecule has 8 heteroatoms. The molecule has 1 N–H and O–H groups in total. The molecular weight excluding hydrogens is 519 g/mol. The molecular formula is C28H29Cl3N2O3. The first-order valence-corrected chi connectivity index (χ1v) is 12.9. The van der Waals surface area contributed by atoms with Gasteiger partial charge in [0.1, 0.15) is 11.8 Å². The van der Waals surface area contributed by atoms with E-state index in [2.05, 4.69) is 5.32 Å². The standard InChI is InChI=1S/C28H29Cl3N2O3/c1-3-19(2)32-28(35)26(16-20-8-5-4-6-9-20)33(17-23-24(30)10-7-11-25(23)31)27(34)18-36-22-14-12-21(29)13-15-22/h4-15,19,26H,3,16-18H2,1-2H3,(H,32,35)/t19-,26-/m1/s1. The number of nitrogens with zero attached hydrogens (tertiary/aromatic N) is 1. The SMILES string of the molecule is CC[C@@H](C)NC(=O)[C@@H](Cc1ccccc1)N(Cc1c(Cl)cccc1Cl)C(=O)COc1ccc(Cl)cc1. The summed E-state index contributed by atoms with van der Waals surface area (Å²) >= 11 is 18.9. The molecule has 0 aromatic heterocycles. The van der Waals surface area contributed by atoms with E-state index in [4.69, 9.17) is 39.5 Å². The maximum absolute atomic E-state index is 13.6. The van der Waals surface area contributed by atoms with Crippen molar-refractivity contribution in [3.8, 4) is 5.75 Å². The minimum absolute atomic E-state index is 0.0484. The van der Waals surface area contributed by atoms with E-state index in [0.717, 1.165) is 12.0 Å². The van der Waals surface area contributed by atoms with Gasteiger partial charge in [0.15, 0.2) is 6.61 Å². The van der Waals surface area contributed by atoms with Gasteiger partial charge >= 0.3 is 0 Å². The second-order valence-corrected chi connectivity index (χ2v) is 9.74. The Balaban J connectivity index is 1.95. The fourth-order valence-corrected chi connectivity index (χ4v) is 4.25. The Morgan fingerprint density at radius 1 is 0.917 bits per heavy atom. The van der Waals surface area contributed by atoms with Gasteiger partial charge in [-0.2, -0.15) is 0 Å². The van der Waals surface area contributed by atoms with Crippen LogP contribution < -0.4 is 10.1 Å². The number of nitrogens with one attached hydrogen (secondary N) is 1. The number of hydrogen-bond donors (Lipinski definition) is 1. The van der Waals surface area contributed by atoms with Crippen LogP contribution in [0.2, 0.25) is 15.1 Å². The fourth-order valence-electron chi connectivity index (χ4n) is 3.61. The quantitative estimate of drug-likeness (QED) is 0.295. The van der Waals surface area contributed by atoms with Crippen molar-refractivity contribution in [1.82, 2.24) is 10.2 Å². The number of rotatable bonds is 11. The van der Waals surface area contributed by atoms with Crippen LogP contribution in [-0.2, 0) is 22.6 Å². The fraction of sp³-hybridized carbons (Fsp3) is 0.286. The molecule has 190 valence electrons. The number of carbonyl (C=O) groups excluding carboxylic acids is 2.